The summed E-state index contributed by atoms with van der Waals surface area (Å²) in [6.45, 7) is 6.69. The molecular weight excluding hydrogens is 626 g/mol. The Labute approximate surface area is 277 Å². The van der Waals surface area contributed by atoms with E-state index < -0.39 is 34.1 Å². The van der Waals surface area contributed by atoms with Crippen LogP contribution in [0.4, 0.5) is 5.69 Å². The number of amides is 2. The molecular formula is C34H45N3O9S. The van der Waals surface area contributed by atoms with Gasteiger partial charge in [-0.15, -0.1) is 0 Å². The Morgan fingerprint density at radius 2 is 1.34 bits per heavy atom. The van der Waals surface area contributed by atoms with Gasteiger partial charge in [0, 0.05) is 24.2 Å². The van der Waals surface area contributed by atoms with Gasteiger partial charge in [-0.25, -0.2) is 8.42 Å². The highest BCUT2D eigenvalue weighted by molar-refractivity contribution is 7.92. The molecule has 3 aromatic rings. The molecule has 0 radical (unpaired) electrons. The molecule has 0 aliphatic heterocycles. The van der Waals surface area contributed by atoms with E-state index in [0.29, 0.717) is 17.2 Å². The minimum absolute atomic E-state index is 0.0262. The van der Waals surface area contributed by atoms with Crippen LogP contribution in [0.25, 0.3) is 0 Å². The highest BCUT2D eigenvalue weighted by Gasteiger charge is 2.36. The van der Waals surface area contributed by atoms with Crippen molar-refractivity contribution in [2.45, 2.75) is 57.1 Å². The van der Waals surface area contributed by atoms with Crippen molar-refractivity contribution < 1.29 is 41.7 Å². The van der Waals surface area contributed by atoms with Crippen LogP contribution >= 0.6 is 0 Å². The molecule has 0 spiro atoms. The quantitative estimate of drug-likeness (QED) is 0.245. The lowest BCUT2D eigenvalue weighted by Crippen LogP contribution is -2.55. The van der Waals surface area contributed by atoms with Crippen molar-refractivity contribution in [1.29, 1.82) is 0 Å². The maximum atomic E-state index is 14.5. The first kappa shape index (κ1) is 36.8. The molecule has 1 atom stereocenters. The van der Waals surface area contributed by atoms with E-state index in [4.69, 9.17) is 23.7 Å². The summed E-state index contributed by atoms with van der Waals surface area (Å²) < 4.78 is 56.8. The summed E-state index contributed by atoms with van der Waals surface area (Å²) in [6, 6.07) is 15.0. The molecule has 3 rings (SSSR count). The molecule has 1 unspecified atom stereocenters. The van der Waals surface area contributed by atoms with E-state index >= 15 is 0 Å². The Hall–Kier alpha value is -4.65. The van der Waals surface area contributed by atoms with Crippen LogP contribution < -0.4 is 33.3 Å². The Balaban J connectivity index is 2.20. The first-order valence-electron chi connectivity index (χ1n) is 14.9. The van der Waals surface area contributed by atoms with Crippen LogP contribution in [0.15, 0.2) is 65.6 Å². The molecule has 1 N–H and O–H groups in total. The van der Waals surface area contributed by atoms with Gasteiger partial charge in [0.25, 0.3) is 10.0 Å². The molecule has 47 heavy (non-hydrogen) atoms. The van der Waals surface area contributed by atoms with Crippen molar-refractivity contribution in [3.8, 4) is 28.7 Å². The molecule has 0 aliphatic rings. The predicted molar refractivity (Wildman–Crippen MR) is 179 cm³/mol. The fourth-order valence-electron chi connectivity index (χ4n) is 4.91. The van der Waals surface area contributed by atoms with Crippen molar-refractivity contribution in [1.82, 2.24) is 10.2 Å². The van der Waals surface area contributed by atoms with E-state index in [-0.39, 0.29) is 41.0 Å². The summed E-state index contributed by atoms with van der Waals surface area (Å²) in [6.07, 6.45) is 0.273. The maximum absolute atomic E-state index is 14.5. The predicted octanol–water partition coefficient (Wildman–Crippen LogP) is 4.65. The molecule has 0 saturated heterocycles. The SMILES string of the molecule is CCC(C(=O)NC(C)(C)C)N(Cc1ccc(OC)cc1)C(=O)CN(c1cc(OC)ccc1OC)S(=O)(=O)c1ccc(OC)c(OC)c1. The van der Waals surface area contributed by atoms with Crippen molar-refractivity contribution in [3.63, 3.8) is 0 Å². The largest absolute Gasteiger partial charge is 0.497 e. The molecule has 13 heteroatoms. The zero-order valence-electron chi connectivity index (χ0n) is 28.4. The van der Waals surface area contributed by atoms with Crippen LogP contribution in [-0.4, -0.2) is 78.8 Å². The summed E-state index contributed by atoms with van der Waals surface area (Å²) in [7, 11) is 2.76. The highest BCUT2D eigenvalue weighted by Crippen LogP contribution is 2.38. The number of rotatable bonds is 15. The summed E-state index contributed by atoms with van der Waals surface area (Å²) in [5.41, 5.74) is 0.205. The van der Waals surface area contributed by atoms with E-state index in [1.54, 1.807) is 50.4 Å². The summed E-state index contributed by atoms with van der Waals surface area (Å²) in [4.78, 5) is 29.3. The lowest BCUT2D eigenvalue weighted by molar-refractivity contribution is -0.141. The minimum atomic E-state index is -4.46. The van der Waals surface area contributed by atoms with Crippen LogP contribution in [0.1, 0.15) is 39.7 Å². The monoisotopic (exact) mass is 671 g/mol. The number of anilines is 1. The van der Waals surface area contributed by atoms with Gasteiger partial charge >= 0.3 is 0 Å². The fourth-order valence-corrected chi connectivity index (χ4v) is 6.34. The lowest BCUT2D eigenvalue weighted by Gasteiger charge is -2.35. The molecule has 0 fully saturated rings. The lowest BCUT2D eigenvalue weighted by atomic mass is 10.1. The average molecular weight is 672 g/mol. The third-order valence-electron chi connectivity index (χ3n) is 7.27. The number of nitrogens with zero attached hydrogens (tertiary/aromatic N) is 2. The first-order valence-corrected chi connectivity index (χ1v) is 16.4. The van der Waals surface area contributed by atoms with Gasteiger partial charge in [-0.2, -0.15) is 0 Å². The van der Waals surface area contributed by atoms with E-state index in [9.17, 15) is 18.0 Å². The molecule has 256 valence electrons. The number of sulfonamides is 1. The summed E-state index contributed by atoms with van der Waals surface area (Å²) in [5, 5.41) is 2.96. The van der Waals surface area contributed by atoms with Crippen LogP contribution in [0.3, 0.4) is 0 Å². The van der Waals surface area contributed by atoms with Gasteiger partial charge in [0.1, 0.15) is 29.8 Å². The number of hydrogen-bond donors (Lipinski definition) is 1. The third kappa shape index (κ3) is 9.00. The van der Waals surface area contributed by atoms with Crippen LogP contribution in [0, 0.1) is 0 Å². The second-order valence-electron chi connectivity index (χ2n) is 11.6. The molecule has 2 amide bonds. The summed E-state index contributed by atoms with van der Waals surface area (Å²) >= 11 is 0. The summed E-state index contributed by atoms with van der Waals surface area (Å²) in [5.74, 6) is 0.675. The van der Waals surface area contributed by atoms with Gasteiger partial charge in [0.15, 0.2) is 11.5 Å². The van der Waals surface area contributed by atoms with Crippen LogP contribution in [0.2, 0.25) is 0 Å². The molecule has 0 bridgehead atoms. The third-order valence-corrected chi connectivity index (χ3v) is 9.03. The van der Waals surface area contributed by atoms with Gasteiger partial charge < -0.3 is 33.9 Å². The number of methoxy groups -OCH3 is 5. The number of benzene rings is 3. The Bertz CT molecular complexity index is 1640. The van der Waals surface area contributed by atoms with Crippen LogP contribution in [-0.2, 0) is 26.2 Å². The number of hydrogen-bond acceptors (Lipinski definition) is 9. The minimum Gasteiger partial charge on any atom is -0.497 e. The van der Waals surface area contributed by atoms with E-state index in [0.717, 1.165) is 9.87 Å². The molecule has 0 aromatic heterocycles. The second-order valence-corrected chi connectivity index (χ2v) is 13.5. The van der Waals surface area contributed by atoms with Crippen LogP contribution in [0.5, 0.6) is 28.7 Å². The van der Waals surface area contributed by atoms with Gasteiger partial charge in [-0.05, 0) is 69.2 Å². The van der Waals surface area contributed by atoms with Gasteiger partial charge in [0.2, 0.25) is 11.8 Å². The first-order chi connectivity index (χ1) is 22.2. The standard InChI is InChI=1S/C34H45N3O9S/c1-10-27(33(39)35-34(2,3)4)36(21-23-11-13-24(42-5)14-12-23)32(38)22-37(28-19-25(43-6)15-17-29(28)44-7)47(40,41)26-16-18-30(45-8)31(20-26)46-9/h11-20,27H,10,21-22H2,1-9H3,(H,35,39). The smallest absolute Gasteiger partial charge is 0.265 e. The van der Waals surface area contributed by atoms with Gasteiger partial charge in [0.05, 0.1) is 46.1 Å². The second kappa shape index (κ2) is 15.8. The number of carbonyl (C=O) groups excluding carboxylic acids is 2. The normalized spacial score (nSPS) is 12.0. The Kier molecular flexibility index (Phi) is 12.3. The fraction of sp³-hybridized carbons (Fsp3) is 0.412. The number of carbonyl (C=O) groups is 2. The van der Waals surface area contributed by atoms with Crippen molar-refractivity contribution in [2.75, 3.05) is 46.4 Å². The highest BCUT2D eigenvalue weighted by atomic mass is 32.2. The van der Waals surface area contributed by atoms with Gasteiger partial charge in [-0.3, -0.25) is 13.9 Å². The molecule has 3 aromatic carbocycles. The van der Waals surface area contributed by atoms with Crippen molar-refractivity contribution in [2.24, 2.45) is 0 Å². The topological polar surface area (TPSA) is 133 Å². The van der Waals surface area contributed by atoms with Gasteiger partial charge in [-0.1, -0.05) is 19.1 Å². The van der Waals surface area contributed by atoms with Crippen molar-refractivity contribution in [3.05, 3.63) is 66.2 Å². The molecule has 0 saturated carbocycles. The molecule has 0 heterocycles. The maximum Gasteiger partial charge on any atom is 0.265 e. The van der Waals surface area contributed by atoms with E-state index in [1.165, 1.54) is 57.6 Å². The average Bonchev–Trinajstić information content (AvgIpc) is 3.05. The zero-order chi connectivity index (χ0) is 34.9. The van der Waals surface area contributed by atoms with E-state index in [1.807, 2.05) is 20.8 Å². The number of nitrogens with one attached hydrogen (secondary N) is 1. The molecule has 12 nitrogen and oxygen atoms in total. The van der Waals surface area contributed by atoms with Crippen molar-refractivity contribution >= 4 is 27.5 Å². The molecule has 0 aliphatic carbocycles. The zero-order valence-corrected chi connectivity index (χ0v) is 29.3. The Morgan fingerprint density at radius 1 is 0.766 bits per heavy atom. The number of ether oxygens (including phenoxy) is 5. The van der Waals surface area contributed by atoms with E-state index in [2.05, 4.69) is 5.32 Å². The Morgan fingerprint density at radius 3 is 1.87 bits per heavy atom.